The number of methoxy groups -OCH3 is 1. The molecule has 16 heavy (non-hydrogen) atoms. The van der Waals surface area contributed by atoms with Gasteiger partial charge in [0.15, 0.2) is 0 Å². The van der Waals surface area contributed by atoms with Gasteiger partial charge in [0.1, 0.15) is 5.75 Å². The van der Waals surface area contributed by atoms with E-state index in [1.807, 2.05) is 0 Å². The molecule has 0 saturated heterocycles. The predicted octanol–water partition coefficient (Wildman–Crippen LogP) is 1.95. The predicted molar refractivity (Wildman–Crippen MR) is 58.2 cm³/mol. The van der Waals surface area contributed by atoms with Gasteiger partial charge in [0.2, 0.25) is 0 Å². The molecule has 1 aromatic rings. The first-order valence-corrected chi connectivity index (χ1v) is 4.67. The number of rotatable bonds is 4. The largest absolute Gasteiger partial charge is 0.465 e. The Morgan fingerprint density at radius 3 is 2.44 bits per heavy atom. The smallest absolute Gasteiger partial charge is 0.337 e. The number of esters is 2. The number of carbonyl (C=O) groups is 2. The van der Waals surface area contributed by atoms with E-state index in [1.165, 1.54) is 37.5 Å². The van der Waals surface area contributed by atoms with Crippen molar-refractivity contribution in [2.45, 2.75) is 6.42 Å². The monoisotopic (exact) mass is 220 g/mol. The number of ether oxygens (including phenoxy) is 2. The summed E-state index contributed by atoms with van der Waals surface area (Å²) in [7, 11) is 1.31. The Bertz CT molecular complexity index is 392. The van der Waals surface area contributed by atoms with E-state index in [0.717, 1.165) is 0 Å². The lowest BCUT2D eigenvalue weighted by atomic mass is 10.2. The first kappa shape index (κ1) is 12.0. The number of benzene rings is 1. The summed E-state index contributed by atoms with van der Waals surface area (Å²) in [5, 5.41) is 0. The fraction of sp³-hybridized carbons (Fsp3) is 0.167. The fourth-order valence-electron chi connectivity index (χ4n) is 1.07. The van der Waals surface area contributed by atoms with Crippen molar-refractivity contribution in [1.82, 2.24) is 0 Å². The molecule has 0 N–H and O–H groups in total. The highest BCUT2D eigenvalue weighted by atomic mass is 16.5. The Labute approximate surface area is 93.5 Å². The molecule has 0 amide bonds. The zero-order valence-corrected chi connectivity index (χ0v) is 8.93. The van der Waals surface area contributed by atoms with Crippen LogP contribution in [0.15, 0.2) is 36.9 Å². The van der Waals surface area contributed by atoms with Gasteiger partial charge in [-0.05, 0) is 24.3 Å². The highest BCUT2D eigenvalue weighted by Crippen LogP contribution is 2.13. The normalized spacial score (nSPS) is 9.31. The Hall–Kier alpha value is -2.10. The van der Waals surface area contributed by atoms with Gasteiger partial charge in [-0.15, -0.1) is 6.58 Å². The Kier molecular flexibility index (Phi) is 4.27. The summed E-state index contributed by atoms with van der Waals surface area (Å²) in [6.07, 6.45) is 1.61. The summed E-state index contributed by atoms with van der Waals surface area (Å²) in [6.45, 7) is 3.43. The second kappa shape index (κ2) is 5.70. The zero-order valence-electron chi connectivity index (χ0n) is 8.93. The number of hydrogen-bond donors (Lipinski definition) is 0. The van der Waals surface area contributed by atoms with Gasteiger partial charge in [-0.2, -0.15) is 0 Å². The standard InChI is InChI=1S/C12H12O4/c1-3-4-11(13)16-10-7-5-9(6-8-10)12(14)15-2/h3,5-8H,1,4H2,2H3. The third-order valence-electron chi connectivity index (χ3n) is 1.82. The first-order chi connectivity index (χ1) is 7.67. The molecule has 0 fully saturated rings. The van der Waals surface area contributed by atoms with Gasteiger partial charge in [-0.3, -0.25) is 4.79 Å². The van der Waals surface area contributed by atoms with Crippen LogP contribution in [0.25, 0.3) is 0 Å². The first-order valence-electron chi connectivity index (χ1n) is 4.67. The third-order valence-corrected chi connectivity index (χ3v) is 1.82. The van der Waals surface area contributed by atoms with E-state index >= 15 is 0 Å². The molecule has 84 valence electrons. The lowest BCUT2D eigenvalue weighted by molar-refractivity contribution is -0.133. The van der Waals surface area contributed by atoms with E-state index in [4.69, 9.17) is 4.74 Å². The van der Waals surface area contributed by atoms with Crippen molar-refractivity contribution < 1.29 is 19.1 Å². The van der Waals surface area contributed by atoms with Crippen LogP contribution in [0.2, 0.25) is 0 Å². The van der Waals surface area contributed by atoms with Crippen LogP contribution in [0.5, 0.6) is 5.75 Å². The van der Waals surface area contributed by atoms with E-state index in [9.17, 15) is 9.59 Å². The molecule has 0 unspecified atom stereocenters. The summed E-state index contributed by atoms with van der Waals surface area (Å²) >= 11 is 0. The Morgan fingerprint density at radius 2 is 1.94 bits per heavy atom. The molecule has 4 heteroatoms. The van der Waals surface area contributed by atoms with Gasteiger partial charge in [-0.1, -0.05) is 6.08 Å². The van der Waals surface area contributed by atoms with E-state index in [-0.39, 0.29) is 12.4 Å². The summed E-state index contributed by atoms with van der Waals surface area (Å²) in [5.74, 6) is -0.427. The number of carbonyl (C=O) groups excluding carboxylic acids is 2. The average molecular weight is 220 g/mol. The summed E-state index contributed by atoms with van der Waals surface area (Å²) in [4.78, 5) is 22.2. The van der Waals surface area contributed by atoms with Gasteiger partial charge >= 0.3 is 11.9 Å². The van der Waals surface area contributed by atoms with Crippen LogP contribution in [-0.4, -0.2) is 19.0 Å². The topological polar surface area (TPSA) is 52.6 Å². The van der Waals surface area contributed by atoms with Gasteiger partial charge in [0, 0.05) is 0 Å². The second-order valence-corrected chi connectivity index (χ2v) is 2.98. The van der Waals surface area contributed by atoms with Crippen molar-refractivity contribution in [2.24, 2.45) is 0 Å². The molecular formula is C12H12O4. The van der Waals surface area contributed by atoms with Crippen molar-refractivity contribution in [1.29, 1.82) is 0 Å². The SMILES string of the molecule is C=CCC(=O)Oc1ccc(C(=O)OC)cc1. The molecule has 0 atom stereocenters. The van der Waals surface area contributed by atoms with Crippen LogP contribution in [0.4, 0.5) is 0 Å². The molecule has 0 radical (unpaired) electrons. The minimum Gasteiger partial charge on any atom is -0.465 e. The molecule has 4 nitrogen and oxygen atoms in total. The van der Waals surface area contributed by atoms with Gasteiger partial charge in [-0.25, -0.2) is 4.79 Å². The van der Waals surface area contributed by atoms with E-state index in [2.05, 4.69) is 11.3 Å². The molecule has 1 aromatic carbocycles. The summed E-state index contributed by atoms with van der Waals surface area (Å²) in [6, 6.07) is 6.13. The lowest BCUT2D eigenvalue weighted by Gasteiger charge is -2.03. The fourth-order valence-corrected chi connectivity index (χ4v) is 1.07. The van der Waals surface area contributed by atoms with Crippen LogP contribution in [0.3, 0.4) is 0 Å². The zero-order chi connectivity index (χ0) is 12.0. The summed E-state index contributed by atoms with van der Waals surface area (Å²) < 4.78 is 9.50. The van der Waals surface area contributed by atoms with Crippen LogP contribution >= 0.6 is 0 Å². The van der Waals surface area contributed by atoms with E-state index < -0.39 is 5.97 Å². The molecule has 0 bridgehead atoms. The highest BCUT2D eigenvalue weighted by molar-refractivity contribution is 5.89. The maximum Gasteiger partial charge on any atom is 0.337 e. The maximum absolute atomic E-state index is 11.1. The van der Waals surface area contributed by atoms with Crippen molar-refractivity contribution in [3.63, 3.8) is 0 Å². The van der Waals surface area contributed by atoms with Crippen LogP contribution in [-0.2, 0) is 9.53 Å². The van der Waals surface area contributed by atoms with Crippen LogP contribution in [0, 0.1) is 0 Å². The molecular weight excluding hydrogens is 208 g/mol. The molecule has 1 rings (SSSR count). The molecule has 0 spiro atoms. The minimum atomic E-state index is -0.427. The average Bonchev–Trinajstić information content (AvgIpc) is 2.29. The van der Waals surface area contributed by atoms with Gasteiger partial charge in [0.05, 0.1) is 19.1 Å². The van der Waals surface area contributed by atoms with Crippen molar-refractivity contribution in [3.8, 4) is 5.75 Å². The maximum atomic E-state index is 11.1. The molecule has 0 heterocycles. The Morgan fingerprint density at radius 1 is 1.31 bits per heavy atom. The quantitative estimate of drug-likeness (QED) is 0.442. The highest BCUT2D eigenvalue weighted by Gasteiger charge is 2.06. The van der Waals surface area contributed by atoms with Crippen molar-refractivity contribution in [2.75, 3.05) is 7.11 Å². The number of hydrogen-bond acceptors (Lipinski definition) is 4. The van der Waals surface area contributed by atoms with Gasteiger partial charge < -0.3 is 9.47 Å². The lowest BCUT2D eigenvalue weighted by Crippen LogP contribution is -2.06. The molecule has 0 aliphatic heterocycles. The molecule has 0 saturated carbocycles. The van der Waals surface area contributed by atoms with Crippen LogP contribution in [0.1, 0.15) is 16.8 Å². The molecule has 0 aliphatic rings. The molecule has 0 aromatic heterocycles. The van der Waals surface area contributed by atoms with E-state index in [1.54, 1.807) is 0 Å². The molecule has 0 aliphatic carbocycles. The van der Waals surface area contributed by atoms with Crippen molar-refractivity contribution in [3.05, 3.63) is 42.5 Å². The second-order valence-electron chi connectivity index (χ2n) is 2.98. The third kappa shape index (κ3) is 3.24. The van der Waals surface area contributed by atoms with E-state index in [0.29, 0.717) is 11.3 Å². The van der Waals surface area contributed by atoms with Crippen molar-refractivity contribution >= 4 is 11.9 Å². The van der Waals surface area contributed by atoms with Crippen LogP contribution < -0.4 is 4.74 Å². The minimum absolute atomic E-state index is 0.152. The summed E-state index contributed by atoms with van der Waals surface area (Å²) in [5.41, 5.74) is 0.408. The Balaban J connectivity index is 2.68. The van der Waals surface area contributed by atoms with Gasteiger partial charge in [0.25, 0.3) is 0 Å².